The van der Waals surface area contributed by atoms with Gasteiger partial charge in [0.1, 0.15) is 12.4 Å². The van der Waals surface area contributed by atoms with Gasteiger partial charge in [-0.1, -0.05) is 36.4 Å². The van der Waals surface area contributed by atoms with Crippen molar-refractivity contribution >= 4 is 42.2 Å². The quantitative estimate of drug-likeness (QED) is 0.641. The van der Waals surface area contributed by atoms with E-state index >= 15 is 0 Å². The molecule has 2 aromatic rings. The summed E-state index contributed by atoms with van der Waals surface area (Å²) in [5.74, 6) is 0.853. The van der Waals surface area contributed by atoms with E-state index in [1.807, 2.05) is 54.6 Å². The Morgan fingerprint density at radius 3 is 2.38 bits per heavy atom. The first-order valence-corrected chi connectivity index (χ1v) is 5.25. The molecule has 0 fully saturated rings. The normalized spacial score (nSPS) is 9.31. The summed E-state index contributed by atoms with van der Waals surface area (Å²) in [6, 6.07) is 17.8. The van der Waals surface area contributed by atoms with E-state index in [1.165, 1.54) is 5.56 Å². The number of benzene rings is 2. The third kappa shape index (κ3) is 4.22. The summed E-state index contributed by atoms with van der Waals surface area (Å²) < 4.78 is 5.62. The van der Waals surface area contributed by atoms with Gasteiger partial charge < -0.3 is 4.74 Å². The summed E-state index contributed by atoms with van der Waals surface area (Å²) in [6.07, 6.45) is 0. The molecule has 0 aliphatic rings. The molecule has 0 saturated carbocycles. The van der Waals surface area contributed by atoms with Gasteiger partial charge in [-0.25, -0.2) is 0 Å². The van der Waals surface area contributed by atoms with E-state index in [0.717, 1.165) is 10.6 Å². The molecule has 1 nitrogen and oxygen atoms in total. The van der Waals surface area contributed by atoms with Crippen molar-refractivity contribution < 1.29 is 4.74 Å². The van der Waals surface area contributed by atoms with Crippen LogP contribution in [-0.4, -0.2) is 29.6 Å². The molecule has 0 saturated heterocycles. The van der Waals surface area contributed by atoms with Crippen LogP contribution < -0.4 is 4.74 Å². The van der Waals surface area contributed by atoms with Crippen LogP contribution in [0.25, 0.3) is 0 Å². The van der Waals surface area contributed by atoms with Gasteiger partial charge in [-0.05, 0) is 23.8 Å². The molecule has 0 radical (unpaired) electrons. The van der Waals surface area contributed by atoms with Gasteiger partial charge in [0, 0.05) is 4.90 Å². The number of ether oxygens (including phenoxy) is 1. The molecule has 0 heterocycles. The van der Waals surface area contributed by atoms with Crippen LogP contribution in [0.15, 0.2) is 59.5 Å². The van der Waals surface area contributed by atoms with Crippen molar-refractivity contribution in [3.63, 3.8) is 0 Å². The topological polar surface area (TPSA) is 9.23 Å². The molecule has 0 spiro atoms. The van der Waals surface area contributed by atoms with Gasteiger partial charge in [0.05, 0.1) is 0 Å². The molecule has 0 aliphatic heterocycles. The molecular formula is C13H13NaOS. The summed E-state index contributed by atoms with van der Waals surface area (Å²) in [5.41, 5.74) is 1.17. The molecule has 0 aromatic heterocycles. The first-order valence-electron chi connectivity index (χ1n) is 4.80. The van der Waals surface area contributed by atoms with Crippen LogP contribution in [0.2, 0.25) is 0 Å². The van der Waals surface area contributed by atoms with E-state index in [0.29, 0.717) is 6.61 Å². The van der Waals surface area contributed by atoms with E-state index in [2.05, 4.69) is 12.6 Å². The Bertz CT molecular complexity index is 431. The van der Waals surface area contributed by atoms with Gasteiger partial charge in [0.15, 0.2) is 0 Å². The van der Waals surface area contributed by atoms with Crippen molar-refractivity contribution in [2.45, 2.75) is 11.5 Å². The van der Waals surface area contributed by atoms with Crippen LogP contribution in [0.1, 0.15) is 5.56 Å². The Morgan fingerprint density at radius 1 is 0.938 bits per heavy atom. The molecule has 3 heteroatoms. The van der Waals surface area contributed by atoms with Crippen molar-refractivity contribution in [1.82, 2.24) is 0 Å². The van der Waals surface area contributed by atoms with Crippen LogP contribution in [0.3, 0.4) is 0 Å². The van der Waals surface area contributed by atoms with Crippen LogP contribution in [0.4, 0.5) is 0 Å². The van der Waals surface area contributed by atoms with E-state index in [9.17, 15) is 0 Å². The number of thiol groups is 1. The summed E-state index contributed by atoms with van der Waals surface area (Å²) in [5, 5.41) is 0. The Kier molecular flexibility index (Phi) is 5.99. The fourth-order valence-corrected chi connectivity index (χ4v) is 1.53. The van der Waals surface area contributed by atoms with Crippen LogP contribution >= 0.6 is 12.6 Å². The Morgan fingerprint density at radius 2 is 1.69 bits per heavy atom. The van der Waals surface area contributed by atoms with Gasteiger partial charge >= 0.3 is 29.6 Å². The molecule has 16 heavy (non-hydrogen) atoms. The zero-order chi connectivity index (χ0) is 10.5. The average molecular weight is 240 g/mol. The molecule has 0 atom stereocenters. The summed E-state index contributed by atoms with van der Waals surface area (Å²) >= 11 is 4.25. The minimum atomic E-state index is 0. The van der Waals surface area contributed by atoms with Gasteiger partial charge in [-0.15, -0.1) is 12.6 Å². The first-order chi connectivity index (χ1) is 7.34. The number of hydrogen-bond donors (Lipinski definition) is 1. The second-order valence-electron chi connectivity index (χ2n) is 3.27. The van der Waals surface area contributed by atoms with Crippen molar-refractivity contribution in [2.75, 3.05) is 0 Å². The Labute approximate surface area is 124 Å². The molecule has 2 rings (SSSR count). The number of rotatable bonds is 3. The predicted octanol–water partition coefficient (Wildman–Crippen LogP) is 2.91. The predicted molar refractivity (Wildman–Crippen MR) is 71.6 cm³/mol. The fourth-order valence-electron chi connectivity index (χ4n) is 1.31. The van der Waals surface area contributed by atoms with Crippen LogP contribution in [-0.2, 0) is 6.61 Å². The molecule has 0 aliphatic carbocycles. The van der Waals surface area contributed by atoms with E-state index in [-0.39, 0.29) is 29.6 Å². The Hall–Kier alpha value is -0.410. The fraction of sp³-hybridized carbons (Fsp3) is 0.0769. The molecule has 0 unspecified atom stereocenters. The zero-order valence-electron chi connectivity index (χ0n) is 8.26. The van der Waals surface area contributed by atoms with Gasteiger partial charge in [0.25, 0.3) is 0 Å². The van der Waals surface area contributed by atoms with Crippen molar-refractivity contribution in [1.29, 1.82) is 0 Å². The molecule has 78 valence electrons. The summed E-state index contributed by atoms with van der Waals surface area (Å²) in [6.45, 7) is 0.595. The van der Waals surface area contributed by atoms with Crippen molar-refractivity contribution in [3.05, 3.63) is 60.2 Å². The SMILES string of the molecule is Sc1cccc(OCc2ccccc2)c1.[NaH]. The second-order valence-corrected chi connectivity index (χ2v) is 3.79. The third-order valence-electron chi connectivity index (χ3n) is 2.07. The van der Waals surface area contributed by atoms with Crippen molar-refractivity contribution in [2.24, 2.45) is 0 Å². The van der Waals surface area contributed by atoms with E-state index in [4.69, 9.17) is 4.74 Å². The molecule has 2 aromatic carbocycles. The molecular weight excluding hydrogens is 227 g/mol. The van der Waals surface area contributed by atoms with Gasteiger partial charge in [-0.3, -0.25) is 0 Å². The zero-order valence-corrected chi connectivity index (χ0v) is 9.15. The monoisotopic (exact) mass is 240 g/mol. The van der Waals surface area contributed by atoms with Gasteiger partial charge in [-0.2, -0.15) is 0 Å². The summed E-state index contributed by atoms with van der Waals surface area (Å²) in [4.78, 5) is 0.917. The first kappa shape index (κ1) is 13.7. The van der Waals surface area contributed by atoms with Crippen LogP contribution in [0.5, 0.6) is 5.75 Å². The van der Waals surface area contributed by atoms with E-state index in [1.54, 1.807) is 0 Å². The average Bonchev–Trinajstić information content (AvgIpc) is 2.28. The standard InChI is InChI=1S/C13H12OS.Na.H/c15-13-8-4-7-12(9-13)14-10-11-5-2-1-3-6-11;;/h1-9,15H,10H2;;. The molecule has 0 bridgehead atoms. The minimum absolute atomic E-state index is 0. The Balaban J connectivity index is 0.00000128. The molecule has 0 amide bonds. The van der Waals surface area contributed by atoms with Gasteiger partial charge in [0.2, 0.25) is 0 Å². The summed E-state index contributed by atoms with van der Waals surface area (Å²) in [7, 11) is 0. The van der Waals surface area contributed by atoms with E-state index < -0.39 is 0 Å². The maximum absolute atomic E-state index is 5.62. The van der Waals surface area contributed by atoms with Crippen LogP contribution in [0, 0.1) is 0 Å². The van der Waals surface area contributed by atoms with Crippen molar-refractivity contribution in [3.8, 4) is 5.75 Å². The maximum atomic E-state index is 5.62. The molecule has 0 N–H and O–H groups in total. The second kappa shape index (κ2) is 7.02. The number of hydrogen-bond acceptors (Lipinski definition) is 2. The third-order valence-corrected chi connectivity index (χ3v) is 2.34.